The Labute approximate surface area is 111 Å². The molecule has 1 N–H and O–H groups in total. The zero-order valence-electron chi connectivity index (χ0n) is 10.8. The molecule has 0 aromatic heterocycles. The number of hydrogen-bond acceptors (Lipinski definition) is 2. The van der Waals surface area contributed by atoms with E-state index in [4.69, 9.17) is 0 Å². The van der Waals surface area contributed by atoms with Gasteiger partial charge in [0.15, 0.2) is 0 Å². The number of rotatable bonds is 4. The minimum atomic E-state index is -0.454. The van der Waals surface area contributed by atoms with Crippen LogP contribution >= 0.6 is 11.8 Å². The molecule has 0 aliphatic heterocycles. The van der Waals surface area contributed by atoms with Crippen LogP contribution in [0.3, 0.4) is 0 Å². The van der Waals surface area contributed by atoms with Gasteiger partial charge in [-0.2, -0.15) is 11.8 Å². The number of benzene rings is 1. The summed E-state index contributed by atoms with van der Waals surface area (Å²) in [5.74, 6) is -0.763. The summed E-state index contributed by atoms with van der Waals surface area (Å²) in [6.45, 7) is 2.48. The molecule has 0 saturated heterocycles. The van der Waals surface area contributed by atoms with E-state index in [1.807, 2.05) is 6.92 Å². The standard InChI is InChI=1S/C14H18FNOS/c1-10-4-5-12(15)11(8-10)13(17)16-9-14(18-2)6-3-7-14/h4-5,8H,3,6-7,9H2,1-2H3,(H,16,17). The molecule has 2 nitrogen and oxygen atoms in total. The van der Waals surface area contributed by atoms with Crippen LogP contribution in [0.15, 0.2) is 18.2 Å². The number of carbonyl (C=O) groups is 1. The number of aryl methyl sites for hydroxylation is 1. The van der Waals surface area contributed by atoms with Gasteiger partial charge in [0, 0.05) is 11.3 Å². The summed E-state index contributed by atoms with van der Waals surface area (Å²) in [6.07, 6.45) is 5.55. The molecule has 0 atom stereocenters. The fourth-order valence-electron chi connectivity index (χ4n) is 2.17. The Balaban J connectivity index is 2.01. The molecule has 1 saturated carbocycles. The average molecular weight is 267 g/mol. The lowest BCUT2D eigenvalue weighted by Crippen LogP contribution is -2.45. The molecule has 0 bridgehead atoms. The molecule has 1 aromatic carbocycles. The van der Waals surface area contributed by atoms with E-state index < -0.39 is 5.82 Å². The maximum atomic E-state index is 13.6. The fourth-order valence-corrected chi connectivity index (χ4v) is 3.09. The highest BCUT2D eigenvalue weighted by atomic mass is 32.2. The second kappa shape index (κ2) is 5.31. The van der Waals surface area contributed by atoms with Crippen molar-refractivity contribution in [1.82, 2.24) is 5.32 Å². The number of hydrogen-bond donors (Lipinski definition) is 1. The van der Waals surface area contributed by atoms with Gasteiger partial charge in [-0.1, -0.05) is 18.1 Å². The molecule has 98 valence electrons. The third-order valence-electron chi connectivity index (χ3n) is 3.64. The highest BCUT2D eigenvalue weighted by Crippen LogP contribution is 2.42. The van der Waals surface area contributed by atoms with E-state index >= 15 is 0 Å². The van der Waals surface area contributed by atoms with Crippen LogP contribution < -0.4 is 5.32 Å². The Morgan fingerprint density at radius 2 is 2.22 bits per heavy atom. The third-order valence-corrected chi connectivity index (χ3v) is 5.05. The Kier molecular flexibility index (Phi) is 3.95. The van der Waals surface area contributed by atoms with Gasteiger partial charge in [-0.25, -0.2) is 4.39 Å². The van der Waals surface area contributed by atoms with Gasteiger partial charge in [0.25, 0.3) is 5.91 Å². The van der Waals surface area contributed by atoms with Crippen LogP contribution in [-0.4, -0.2) is 23.5 Å². The Morgan fingerprint density at radius 1 is 1.50 bits per heavy atom. The quantitative estimate of drug-likeness (QED) is 0.908. The molecule has 1 aliphatic rings. The van der Waals surface area contributed by atoms with Crippen LogP contribution in [0.4, 0.5) is 4.39 Å². The topological polar surface area (TPSA) is 29.1 Å². The number of thioether (sulfide) groups is 1. The summed E-state index contributed by atoms with van der Waals surface area (Å²) >= 11 is 1.80. The van der Waals surface area contributed by atoms with Crippen molar-refractivity contribution in [2.45, 2.75) is 30.9 Å². The lowest BCUT2D eigenvalue weighted by atomic mass is 9.84. The van der Waals surface area contributed by atoms with Crippen LogP contribution in [0.2, 0.25) is 0 Å². The third kappa shape index (κ3) is 2.69. The van der Waals surface area contributed by atoms with Gasteiger partial charge in [-0.15, -0.1) is 0 Å². The minimum absolute atomic E-state index is 0.144. The molecule has 1 aliphatic carbocycles. The van der Waals surface area contributed by atoms with E-state index in [1.54, 1.807) is 23.9 Å². The number of halogens is 1. The van der Waals surface area contributed by atoms with Crippen molar-refractivity contribution < 1.29 is 9.18 Å². The van der Waals surface area contributed by atoms with Gasteiger partial charge in [0.2, 0.25) is 0 Å². The number of carbonyl (C=O) groups excluding carboxylic acids is 1. The minimum Gasteiger partial charge on any atom is -0.351 e. The SMILES string of the molecule is CSC1(CNC(=O)c2cc(C)ccc2F)CCC1. The fraction of sp³-hybridized carbons (Fsp3) is 0.500. The van der Waals surface area contributed by atoms with Gasteiger partial charge in [0.1, 0.15) is 5.82 Å². The van der Waals surface area contributed by atoms with E-state index in [1.165, 1.54) is 12.5 Å². The van der Waals surface area contributed by atoms with Crippen molar-refractivity contribution in [3.05, 3.63) is 35.1 Å². The largest absolute Gasteiger partial charge is 0.351 e. The molecule has 0 unspecified atom stereocenters. The van der Waals surface area contributed by atoms with E-state index in [9.17, 15) is 9.18 Å². The zero-order valence-corrected chi connectivity index (χ0v) is 11.6. The molecule has 0 spiro atoms. The van der Waals surface area contributed by atoms with Crippen molar-refractivity contribution in [3.8, 4) is 0 Å². The summed E-state index contributed by atoms with van der Waals surface area (Å²) in [6, 6.07) is 4.61. The predicted octanol–water partition coefficient (Wildman–Crippen LogP) is 3.15. The smallest absolute Gasteiger partial charge is 0.254 e. The van der Waals surface area contributed by atoms with Crippen molar-refractivity contribution in [2.75, 3.05) is 12.8 Å². The van der Waals surface area contributed by atoms with Gasteiger partial charge in [0.05, 0.1) is 5.56 Å². The van der Waals surface area contributed by atoms with Crippen molar-refractivity contribution in [3.63, 3.8) is 0 Å². The van der Waals surface area contributed by atoms with Gasteiger partial charge < -0.3 is 5.32 Å². The van der Waals surface area contributed by atoms with E-state index in [2.05, 4.69) is 11.6 Å². The van der Waals surface area contributed by atoms with Gasteiger partial charge in [-0.05, 0) is 38.2 Å². The first-order valence-corrected chi connectivity index (χ1v) is 7.38. The molecule has 1 fully saturated rings. The summed E-state index contributed by atoms with van der Waals surface area (Å²) in [5, 5.41) is 2.86. The second-order valence-corrected chi connectivity index (χ2v) is 6.18. The Bertz CT molecular complexity index is 452. The van der Waals surface area contributed by atoms with Crippen molar-refractivity contribution in [2.24, 2.45) is 0 Å². The molecule has 0 radical (unpaired) electrons. The normalized spacial score (nSPS) is 17.1. The van der Waals surface area contributed by atoms with Crippen molar-refractivity contribution >= 4 is 17.7 Å². The molecule has 2 rings (SSSR count). The summed E-state index contributed by atoms with van der Waals surface area (Å²) in [7, 11) is 0. The number of nitrogens with one attached hydrogen (secondary N) is 1. The average Bonchev–Trinajstić information content (AvgIpc) is 2.31. The van der Waals surface area contributed by atoms with Crippen LogP contribution in [0.1, 0.15) is 35.2 Å². The van der Waals surface area contributed by atoms with Crippen LogP contribution in [0.5, 0.6) is 0 Å². The maximum absolute atomic E-state index is 13.6. The Hall–Kier alpha value is -1.03. The summed E-state index contributed by atoms with van der Waals surface area (Å²) in [5.41, 5.74) is 1.04. The predicted molar refractivity (Wildman–Crippen MR) is 73.6 cm³/mol. The Morgan fingerprint density at radius 3 is 2.78 bits per heavy atom. The van der Waals surface area contributed by atoms with Crippen LogP contribution in [0, 0.1) is 12.7 Å². The van der Waals surface area contributed by atoms with Crippen molar-refractivity contribution in [1.29, 1.82) is 0 Å². The lowest BCUT2D eigenvalue weighted by Gasteiger charge is -2.40. The van der Waals surface area contributed by atoms with Gasteiger partial charge in [-0.3, -0.25) is 4.79 Å². The highest BCUT2D eigenvalue weighted by Gasteiger charge is 2.36. The molecular weight excluding hydrogens is 249 g/mol. The second-order valence-electron chi connectivity index (χ2n) is 4.91. The van der Waals surface area contributed by atoms with Crippen LogP contribution in [-0.2, 0) is 0 Å². The molecule has 4 heteroatoms. The molecule has 18 heavy (non-hydrogen) atoms. The van der Waals surface area contributed by atoms with Crippen LogP contribution in [0.25, 0.3) is 0 Å². The molecular formula is C14H18FNOS. The lowest BCUT2D eigenvalue weighted by molar-refractivity contribution is 0.0940. The highest BCUT2D eigenvalue weighted by molar-refractivity contribution is 8.00. The first-order valence-electron chi connectivity index (χ1n) is 6.16. The monoisotopic (exact) mass is 267 g/mol. The molecule has 1 amide bonds. The maximum Gasteiger partial charge on any atom is 0.254 e. The van der Waals surface area contributed by atoms with E-state index in [0.717, 1.165) is 18.4 Å². The van der Waals surface area contributed by atoms with Gasteiger partial charge >= 0.3 is 0 Å². The molecule has 1 aromatic rings. The zero-order chi connectivity index (χ0) is 13.2. The van der Waals surface area contributed by atoms with E-state index in [-0.39, 0.29) is 16.2 Å². The molecule has 0 heterocycles. The first kappa shape index (κ1) is 13.4. The summed E-state index contributed by atoms with van der Waals surface area (Å²) < 4.78 is 13.7. The van der Waals surface area contributed by atoms with E-state index in [0.29, 0.717) is 6.54 Å². The number of amides is 1. The summed E-state index contributed by atoms with van der Waals surface area (Å²) in [4.78, 5) is 12.0. The first-order chi connectivity index (χ1) is 8.56.